The minimum Gasteiger partial charge on any atom is -0.493 e. The number of carboxylic acids is 1. The zero-order valence-corrected chi connectivity index (χ0v) is 12.4. The van der Waals surface area contributed by atoms with Gasteiger partial charge in [0, 0.05) is 11.1 Å². The van der Waals surface area contributed by atoms with Gasteiger partial charge < -0.3 is 15.2 Å². The minimum absolute atomic E-state index is 0.334. The van der Waals surface area contributed by atoms with Crippen molar-refractivity contribution in [3.63, 3.8) is 0 Å². The molecule has 2 N–H and O–H groups in total. The van der Waals surface area contributed by atoms with E-state index < -0.39 is 17.9 Å². The average Bonchev–Trinajstić information content (AvgIpc) is 2.37. The molecule has 2 atom stereocenters. The first-order valence-corrected chi connectivity index (χ1v) is 6.70. The molecule has 0 heterocycles. The molecule has 20 heavy (non-hydrogen) atoms. The Bertz CT molecular complexity index is 504. The Labute approximate surface area is 122 Å². The molecular weight excluding hydrogens is 282 g/mol. The smallest absolute Gasteiger partial charge is 0.308 e. The molecule has 0 fully saturated rings. The molecule has 0 aromatic heterocycles. The largest absolute Gasteiger partial charge is 0.493 e. The van der Waals surface area contributed by atoms with Gasteiger partial charge in [-0.25, -0.2) is 0 Å². The second-order valence-corrected chi connectivity index (χ2v) is 4.90. The summed E-state index contributed by atoms with van der Waals surface area (Å²) in [5.41, 5.74) is 0.334. The van der Waals surface area contributed by atoms with Crippen LogP contribution in [-0.4, -0.2) is 29.6 Å². The van der Waals surface area contributed by atoms with Crippen molar-refractivity contribution >= 4 is 23.5 Å². The van der Waals surface area contributed by atoms with E-state index in [0.717, 1.165) is 0 Å². The monoisotopic (exact) mass is 299 g/mol. The summed E-state index contributed by atoms with van der Waals surface area (Å²) < 4.78 is 5.37. The molecule has 0 aliphatic rings. The highest BCUT2D eigenvalue weighted by Gasteiger charge is 2.22. The van der Waals surface area contributed by atoms with E-state index in [1.807, 2.05) is 0 Å². The van der Waals surface area contributed by atoms with Crippen molar-refractivity contribution in [2.45, 2.75) is 26.8 Å². The van der Waals surface area contributed by atoms with Crippen LogP contribution in [0.4, 0.5) is 0 Å². The lowest BCUT2D eigenvalue weighted by Crippen LogP contribution is -2.40. The lowest BCUT2D eigenvalue weighted by atomic mass is 10.0. The quantitative estimate of drug-likeness (QED) is 0.846. The van der Waals surface area contributed by atoms with E-state index in [2.05, 4.69) is 5.32 Å². The van der Waals surface area contributed by atoms with Gasteiger partial charge in [-0.05, 0) is 39.0 Å². The van der Waals surface area contributed by atoms with Crippen LogP contribution in [0.1, 0.15) is 31.1 Å². The fourth-order valence-corrected chi connectivity index (χ4v) is 1.74. The van der Waals surface area contributed by atoms with Gasteiger partial charge in [0.15, 0.2) is 0 Å². The molecular formula is C14H18ClNO4. The van der Waals surface area contributed by atoms with Crippen LogP contribution >= 0.6 is 11.6 Å². The molecule has 0 saturated heterocycles. The third kappa shape index (κ3) is 4.13. The van der Waals surface area contributed by atoms with E-state index in [9.17, 15) is 9.59 Å². The Hall–Kier alpha value is -1.75. The second-order valence-electron chi connectivity index (χ2n) is 4.46. The number of nitrogens with one attached hydrogen (secondary N) is 1. The van der Waals surface area contributed by atoms with Crippen molar-refractivity contribution in [3.05, 3.63) is 28.8 Å². The first kappa shape index (κ1) is 16.3. The van der Waals surface area contributed by atoms with Gasteiger partial charge in [0.25, 0.3) is 5.91 Å². The van der Waals surface area contributed by atoms with Gasteiger partial charge in [0.2, 0.25) is 0 Å². The van der Waals surface area contributed by atoms with Crippen molar-refractivity contribution in [2.24, 2.45) is 5.92 Å². The van der Waals surface area contributed by atoms with Gasteiger partial charge in [-0.15, -0.1) is 0 Å². The highest BCUT2D eigenvalue weighted by molar-refractivity contribution is 6.30. The van der Waals surface area contributed by atoms with Crippen molar-refractivity contribution in [3.8, 4) is 5.75 Å². The summed E-state index contributed by atoms with van der Waals surface area (Å²) in [6, 6.07) is 4.21. The lowest BCUT2D eigenvalue weighted by Gasteiger charge is -2.19. The van der Waals surface area contributed by atoms with E-state index in [4.69, 9.17) is 21.4 Å². The van der Waals surface area contributed by atoms with Crippen molar-refractivity contribution < 1.29 is 19.4 Å². The Morgan fingerprint density at radius 3 is 2.60 bits per heavy atom. The van der Waals surface area contributed by atoms with Gasteiger partial charge >= 0.3 is 5.97 Å². The number of carboxylic acid groups (broad SMARTS) is 1. The molecule has 0 aliphatic carbocycles. The van der Waals surface area contributed by atoms with Crippen LogP contribution in [0.15, 0.2) is 18.2 Å². The molecule has 110 valence electrons. The Morgan fingerprint density at radius 1 is 1.40 bits per heavy atom. The maximum Gasteiger partial charge on any atom is 0.308 e. The van der Waals surface area contributed by atoms with Crippen LogP contribution in [-0.2, 0) is 4.79 Å². The third-order valence-electron chi connectivity index (χ3n) is 2.99. The molecule has 1 aromatic carbocycles. The normalized spacial score (nSPS) is 13.4. The fourth-order valence-electron chi connectivity index (χ4n) is 1.58. The van der Waals surface area contributed by atoms with E-state index >= 15 is 0 Å². The fraction of sp³-hybridized carbons (Fsp3) is 0.429. The van der Waals surface area contributed by atoms with Gasteiger partial charge in [0.05, 0.1) is 18.1 Å². The number of ether oxygens (including phenoxy) is 1. The lowest BCUT2D eigenvalue weighted by molar-refractivity contribution is -0.141. The molecule has 1 rings (SSSR count). The molecule has 5 nitrogen and oxygen atoms in total. The van der Waals surface area contributed by atoms with Crippen molar-refractivity contribution in [1.82, 2.24) is 5.32 Å². The number of benzene rings is 1. The number of aliphatic carboxylic acids is 1. The molecule has 1 aromatic rings. The van der Waals surface area contributed by atoms with Gasteiger partial charge in [0.1, 0.15) is 5.75 Å². The molecule has 6 heteroatoms. The summed E-state index contributed by atoms with van der Waals surface area (Å²) >= 11 is 5.87. The number of hydrogen-bond donors (Lipinski definition) is 2. The first-order chi connectivity index (χ1) is 9.36. The van der Waals surface area contributed by atoms with Crippen LogP contribution in [0.2, 0.25) is 5.02 Å². The molecule has 1 amide bonds. The van der Waals surface area contributed by atoms with Crippen molar-refractivity contribution in [1.29, 1.82) is 0 Å². The number of carbonyl (C=O) groups excluding carboxylic acids is 1. The molecule has 0 spiro atoms. The molecule has 0 radical (unpaired) electrons. The highest BCUT2D eigenvalue weighted by atomic mass is 35.5. The number of amides is 1. The number of carbonyl (C=O) groups is 2. The van der Waals surface area contributed by atoms with Gasteiger partial charge in [-0.3, -0.25) is 9.59 Å². The van der Waals surface area contributed by atoms with Gasteiger partial charge in [-0.1, -0.05) is 11.6 Å². The van der Waals surface area contributed by atoms with E-state index in [1.165, 1.54) is 0 Å². The third-order valence-corrected chi connectivity index (χ3v) is 3.22. The van der Waals surface area contributed by atoms with Crippen LogP contribution in [0.5, 0.6) is 5.75 Å². The molecule has 0 bridgehead atoms. The summed E-state index contributed by atoms with van der Waals surface area (Å²) in [6.45, 7) is 5.39. The summed E-state index contributed by atoms with van der Waals surface area (Å²) in [7, 11) is 0. The Kier molecular flexibility index (Phi) is 5.82. The zero-order chi connectivity index (χ0) is 15.3. The number of rotatable bonds is 6. The average molecular weight is 300 g/mol. The summed E-state index contributed by atoms with van der Waals surface area (Å²) in [4.78, 5) is 23.0. The molecule has 0 saturated carbocycles. The van der Waals surface area contributed by atoms with E-state index in [0.29, 0.717) is 22.9 Å². The summed E-state index contributed by atoms with van der Waals surface area (Å²) in [6.07, 6.45) is 0. The predicted octanol–water partition coefficient (Wildman–Crippen LogP) is 2.58. The van der Waals surface area contributed by atoms with Crippen LogP contribution < -0.4 is 10.1 Å². The SMILES string of the molecule is CCOc1cc(Cl)ccc1C(=O)NC(C)C(C)C(=O)O. The van der Waals surface area contributed by atoms with Crippen molar-refractivity contribution in [2.75, 3.05) is 6.61 Å². The van der Waals surface area contributed by atoms with E-state index in [1.54, 1.807) is 39.0 Å². The predicted molar refractivity (Wildman–Crippen MR) is 76.3 cm³/mol. The maximum absolute atomic E-state index is 12.2. The number of halogens is 1. The second kappa shape index (κ2) is 7.14. The topological polar surface area (TPSA) is 75.6 Å². The summed E-state index contributed by atoms with van der Waals surface area (Å²) in [5.74, 6) is -1.64. The van der Waals surface area contributed by atoms with Crippen LogP contribution in [0.3, 0.4) is 0 Å². The van der Waals surface area contributed by atoms with Gasteiger partial charge in [-0.2, -0.15) is 0 Å². The number of hydrogen-bond acceptors (Lipinski definition) is 3. The maximum atomic E-state index is 12.2. The molecule has 0 aliphatic heterocycles. The molecule has 2 unspecified atom stereocenters. The highest BCUT2D eigenvalue weighted by Crippen LogP contribution is 2.23. The Morgan fingerprint density at radius 2 is 2.05 bits per heavy atom. The van der Waals surface area contributed by atoms with Crippen LogP contribution in [0, 0.1) is 5.92 Å². The Balaban J connectivity index is 2.89. The zero-order valence-electron chi connectivity index (χ0n) is 11.6. The first-order valence-electron chi connectivity index (χ1n) is 6.32. The standard InChI is InChI=1S/C14H18ClNO4/c1-4-20-12-7-10(15)5-6-11(12)13(17)16-9(3)8(2)14(18)19/h5-9H,4H2,1-3H3,(H,16,17)(H,18,19). The van der Waals surface area contributed by atoms with E-state index in [-0.39, 0.29) is 5.91 Å². The minimum atomic E-state index is -0.959. The van der Waals surface area contributed by atoms with Crippen LogP contribution in [0.25, 0.3) is 0 Å². The summed E-state index contributed by atoms with van der Waals surface area (Å²) in [5, 5.41) is 12.0.